The Bertz CT molecular complexity index is 292. The molecule has 1 rings (SSSR count). The second-order valence-corrected chi connectivity index (χ2v) is 3.87. The molecule has 0 fully saturated rings. The van der Waals surface area contributed by atoms with Crippen molar-refractivity contribution in [2.75, 3.05) is 20.1 Å². The molecule has 0 spiro atoms. The summed E-state index contributed by atoms with van der Waals surface area (Å²) in [5, 5.41) is 9.79. The third-order valence-electron chi connectivity index (χ3n) is 2.42. The molecule has 0 aliphatic rings. The summed E-state index contributed by atoms with van der Waals surface area (Å²) in [6, 6.07) is 9.23. The molecular weight excluding hydrogens is 212 g/mol. The Kier molecular flexibility index (Phi) is 5.35. The molecule has 0 unspecified atom stereocenters. The zero-order chi connectivity index (χ0) is 12.0. The summed E-state index contributed by atoms with van der Waals surface area (Å²) in [7, 11) is 1.63. The van der Waals surface area contributed by atoms with Crippen molar-refractivity contribution in [2.24, 2.45) is 0 Å². The van der Waals surface area contributed by atoms with Gasteiger partial charge in [-0.05, 0) is 19.0 Å². The molecule has 0 saturated heterocycles. The molecule has 90 valence electrons. The normalized spacial score (nSPS) is 13.4. The number of nitrogens with zero attached hydrogens (tertiary/aromatic N) is 1. The minimum Gasteiger partial charge on any atom is -0.388 e. The van der Waals surface area contributed by atoms with Crippen LogP contribution in [-0.2, 0) is 0 Å². The van der Waals surface area contributed by atoms with Gasteiger partial charge in [-0.3, -0.25) is 0 Å². The zero-order valence-electron chi connectivity index (χ0n) is 9.31. The van der Waals surface area contributed by atoms with Crippen LogP contribution in [0.2, 0.25) is 0 Å². The summed E-state index contributed by atoms with van der Waals surface area (Å²) in [5.41, 5.74) is 0.827. The van der Waals surface area contributed by atoms with E-state index in [1.807, 2.05) is 30.3 Å². The van der Waals surface area contributed by atoms with Crippen molar-refractivity contribution in [1.82, 2.24) is 4.90 Å². The molecule has 0 heterocycles. The molecule has 0 aliphatic carbocycles. The summed E-state index contributed by atoms with van der Waals surface area (Å²) >= 11 is 0. The molecule has 1 aromatic carbocycles. The van der Waals surface area contributed by atoms with Crippen molar-refractivity contribution in [3.63, 3.8) is 0 Å². The minimum absolute atomic E-state index is 0.249. The van der Waals surface area contributed by atoms with Gasteiger partial charge in [-0.2, -0.15) is 0 Å². The first-order valence-corrected chi connectivity index (χ1v) is 5.29. The van der Waals surface area contributed by atoms with E-state index in [0.29, 0.717) is 13.0 Å². The first-order chi connectivity index (χ1) is 7.59. The van der Waals surface area contributed by atoms with E-state index in [-0.39, 0.29) is 6.54 Å². The largest absolute Gasteiger partial charge is 0.388 e. The fraction of sp³-hybridized carbons (Fsp3) is 0.500. The van der Waals surface area contributed by atoms with E-state index in [4.69, 9.17) is 0 Å². The van der Waals surface area contributed by atoms with Gasteiger partial charge >= 0.3 is 0 Å². The van der Waals surface area contributed by atoms with Crippen molar-refractivity contribution < 1.29 is 13.9 Å². The Morgan fingerprint density at radius 2 is 1.88 bits per heavy atom. The van der Waals surface area contributed by atoms with Gasteiger partial charge < -0.3 is 10.0 Å². The first-order valence-electron chi connectivity index (χ1n) is 5.29. The van der Waals surface area contributed by atoms with Crippen molar-refractivity contribution in [2.45, 2.75) is 19.0 Å². The van der Waals surface area contributed by atoms with E-state index >= 15 is 0 Å². The molecule has 0 radical (unpaired) electrons. The maximum Gasteiger partial charge on any atom is 0.251 e. The van der Waals surface area contributed by atoms with Crippen molar-refractivity contribution in [3.8, 4) is 0 Å². The predicted molar refractivity (Wildman–Crippen MR) is 59.5 cm³/mol. The summed E-state index contributed by atoms with van der Waals surface area (Å²) < 4.78 is 24.1. The number of benzene rings is 1. The van der Waals surface area contributed by atoms with Crippen LogP contribution in [-0.4, -0.2) is 36.6 Å². The Hall–Kier alpha value is -1.00. The van der Waals surface area contributed by atoms with Crippen LogP contribution in [0, 0.1) is 0 Å². The monoisotopic (exact) mass is 229 g/mol. The van der Waals surface area contributed by atoms with E-state index in [9.17, 15) is 13.9 Å². The lowest BCUT2D eigenvalue weighted by molar-refractivity contribution is 0.0874. The van der Waals surface area contributed by atoms with Crippen molar-refractivity contribution in [3.05, 3.63) is 35.9 Å². The predicted octanol–water partition coefficient (Wildman–Crippen LogP) is 2.31. The summed E-state index contributed by atoms with van der Waals surface area (Å²) in [4.78, 5) is 1.52. The topological polar surface area (TPSA) is 23.5 Å². The van der Waals surface area contributed by atoms with Crippen molar-refractivity contribution in [1.29, 1.82) is 0 Å². The van der Waals surface area contributed by atoms with Gasteiger partial charge in [0.05, 0.1) is 12.6 Å². The lowest BCUT2D eigenvalue weighted by atomic mass is 10.1. The van der Waals surface area contributed by atoms with Gasteiger partial charge in [0.25, 0.3) is 6.43 Å². The lowest BCUT2D eigenvalue weighted by Gasteiger charge is -2.18. The average Bonchev–Trinajstić information content (AvgIpc) is 2.26. The fourth-order valence-corrected chi connectivity index (χ4v) is 1.51. The van der Waals surface area contributed by atoms with Crippen LogP contribution in [0.15, 0.2) is 30.3 Å². The molecule has 0 aromatic heterocycles. The lowest BCUT2D eigenvalue weighted by Crippen LogP contribution is -2.26. The molecule has 1 N–H and O–H groups in total. The highest BCUT2D eigenvalue weighted by Crippen LogP contribution is 2.16. The fourth-order valence-electron chi connectivity index (χ4n) is 1.51. The summed E-state index contributed by atoms with van der Waals surface area (Å²) in [6.45, 7) is 0.210. The van der Waals surface area contributed by atoms with Gasteiger partial charge in [-0.1, -0.05) is 30.3 Å². The molecular formula is C12H17F2NO. The van der Waals surface area contributed by atoms with Crippen LogP contribution in [0.5, 0.6) is 0 Å². The van der Waals surface area contributed by atoms with Crippen LogP contribution < -0.4 is 0 Å². The molecule has 0 bridgehead atoms. The van der Waals surface area contributed by atoms with E-state index in [1.54, 1.807) is 7.05 Å². The van der Waals surface area contributed by atoms with Gasteiger partial charge in [0.2, 0.25) is 0 Å². The summed E-state index contributed by atoms with van der Waals surface area (Å²) in [6.07, 6.45) is -2.44. The third kappa shape index (κ3) is 4.68. The number of aliphatic hydroxyl groups excluding tert-OH is 1. The number of hydrogen-bond donors (Lipinski definition) is 1. The zero-order valence-corrected chi connectivity index (χ0v) is 9.31. The number of halogens is 2. The maximum absolute atomic E-state index is 12.0. The minimum atomic E-state index is -2.32. The highest BCUT2D eigenvalue weighted by atomic mass is 19.3. The summed E-state index contributed by atoms with van der Waals surface area (Å²) in [5.74, 6) is 0. The van der Waals surface area contributed by atoms with Crippen LogP contribution >= 0.6 is 0 Å². The van der Waals surface area contributed by atoms with Gasteiger partial charge in [-0.25, -0.2) is 8.78 Å². The second kappa shape index (κ2) is 6.55. The molecule has 1 aromatic rings. The van der Waals surface area contributed by atoms with Crippen LogP contribution in [0.1, 0.15) is 18.1 Å². The van der Waals surface area contributed by atoms with Crippen LogP contribution in [0.4, 0.5) is 8.78 Å². The van der Waals surface area contributed by atoms with Crippen LogP contribution in [0.3, 0.4) is 0 Å². The Morgan fingerprint density at radius 1 is 1.25 bits per heavy atom. The Balaban J connectivity index is 2.33. The van der Waals surface area contributed by atoms with Crippen molar-refractivity contribution >= 4 is 0 Å². The Morgan fingerprint density at radius 3 is 2.44 bits per heavy atom. The van der Waals surface area contributed by atoms with Crippen LogP contribution in [0.25, 0.3) is 0 Å². The van der Waals surface area contributed by atoms with Gasteiger partial charge in [0.15, 0.2) is 0 Å². The Labute approximate surface area is 94.5 Å². The van der Waals surface area contributed by atoms with Gasteiger partial charge in [0, 0.05) is 6.54 Å². The van der Waals surface area contributed by atoms with Gasteiger partial charge in [-0.15, -0.1) is 0 Å². The second-order valence-electron chi connectivity index (χ2n) is 3.87. The smallest absolute Gasteiger partial charge is 0.251 e. The average molecular weight is 229 g/mol. The molecule has 1 atom stereocenters. The first kappa shape index (κ1) is 13.1. The van der Waals surface area contributed by atoms with E-state index in [2.05, 4.69) is 0 Å². The number of alkyl halides is 2. The highest BCUT2D eigenvalue weighted by molar-refractivity contribution is 5.17. The number of hydrogen-bond acceptors (Lipinski definition) is 2. The quantitative estimate of drug-likeness (QED) is 0.809. The number of rotatable bonds is 6. The molecule has 4 heteroatoms. The van der Waals surface area contributed by atoms with E-state index in [0.717, 1.165) is 5.56 Å². The SMILES string of the molecule is CN(CC[C@H](O)c1ccccc1)CC(F)F. The standard InChI is InChI=1S/C12H17F2NO/c1-15(9-12(13)14)8-7-11(16)10-5-3-2-4-6-10/h2-6,11-12,16H,7-9H2,1H3/t11-/m0/s1. The molecule has 16 heavy (non-hydrogen) atoms. The molecule has 0 saturated carbocycles. The number of aliphatic hydroxyl groups is 1. The molecule has 0 amide bonds. The third-order valence-corrected chi connectivity index (χ3v) is 2.42. The molecule has 2 nitrogen and oxygen atoms in total. The van der Waals surface area contributed by atoms with Gasteiger partial charge in [0.1, 0.15) is 0 Å². The van der Waals surface area contributed by atoms with E-state index < -0.39 is 12.5 Å². The molecule has 0 aliphatic heterocycles. The van der Waals surface area contributed by atoms with E-state index in [1.165, 1.54) is 4.90 Å². The maximum atomic E-state index is 12.0. The highest BCUT2D eigenvalue weighted by Gasteiger charge is 2.11.